The minimum absolute atomic E-state index is 0.230. The van der Waals surface area contributed by atoms with Crippen LogP contribution in [-0.4, -0.2) is 29.6 Å². The zero-order valence-electron chi connectivity index (χ0n) is 12.6. The maximum absolute atomic E-state index is 12.3. The quantitative estimate of drug-likeness (QED) is 0.687. The van der Waals surface area contributed by atoms with E-state index in [1.165, 1.54) is 6.42 Å². The molecule has 1 aliphatic heterocycles. The van der Waals surface area contributed by atoms with Crippen LogP contribution in [0.25, 0.3) is 0 Å². The van der Waals surface area contributed by atoms with E-state index < -0.39 is 0 Å². The van der Waals surface area contributed by atoms with Gasteiger partial charge in [0.15, 0.2) is 0 Å². The van der Waals surface area contributed by atoms with Crippen LogP contribution in [0.1, 0.15) is 25.8 Å². The van der Waals surface area contributed by atoms with Crippen LogP contribution in [0.2, 0.25) is 0 Å². The molecule has 20 heavy (non-hydrogen) atoms. The van der Waals surface area contributed by atoms with E-state index in [1.807, 2.05) is 30.0 Å². The number of hydrogen-bond acceptors (Lipinski definition) is 3. The number of carbonyl (C=O) groups excluding carboxylic acids is 1. The van der Waals surface area contributed by atoms with Gasteiger partial charge in [0, 0.05) is 23.7 Å². The van der Waals surface area contributed by atoms with E-state index in [0.29, 0.717) is 17.6 Å². The van der Waals surface area contributed by atoms with Gasteiger partial charge in [-0.15, -0.1) is 11.8 Å². The number of thioether (sulfide) groups is 1. The first-order valence-electron chi connectivity index (χ1n) is 7.22. The van der Waals surface area contributed by atoms with E-state index in [-0.39, 0.29) is 5.91 Å². The molecule has 1 aliphatic rings. The number of carbonyl (C=O) groups is 1. The fraction of sp³-hybridized carbons (Fsp3) is 0.562. The van der Waals surface area contributed by atoms with Crippen molar-refractivity contribution in [3.05, 3.63) is 23.8 Å². The van der Waals surface area contributed by atoms with Gasteiger partial charge in [0.2, 0.25) is 5.91 Å². The maximum Gasteiger partial charge on any atom is 0.232 e. The second-order valence-electron chi connectivity index (χ2n) is 6.07. The Hall–Kier alpha value is -1.16. The molecular weight excluding hydrogens is 268 g/mol. The molecule has 1 aromatic rings. The van der Waals surface area contributed by atoms with Gasteiger partial charge in [-0.2, -0.15) is 0 Å². The molecule has 2 rings (SSSR count). The van der Waals surface area contributed by atoms with Crippen molar-refractivity contribution in [2.45, 2.75) is 32.1 Å². The molecule has 110 valence electrons. The third-order valence-corrected chi connectivity index (χ3v) is 4.81. The summed E-state index contributed by atoms with van der Waals surface area (Å²) in [6.07, 6.45) is 1.22. The fourth-order valence-electron chi connectivity index (χ4n) is 2.90. The normalized spacial score (nSPS) is 22.9. The van der Waals surface area contributed by atoms with Crippen LogP contribution in [0.15, 0.2) is 23.1 Å². The van der Waals surface area contributed by atoms with Crippen LogP contribution >= 0.6 is 11.8 Å². The van der Waals surface area contributed by atoms with Gasteiger partial charge in [-0.1, -0.05) is 19.9 Å². The molecule has 0 aliphatic carbocycles. The Morgan fingerprint density at radius 2 is 2.00 bits per heavy atom. The van der Waals surface area contributed by atoms with Crippen molar-refractivity contribution < 1.29 is 4.79 Å². The van der Waals surface area contributed by atoms with E-state index in [9.17, 15) is 4.79 Å². The second-order valence-corrected chi connectivity index (χ2v) is 7.09. The molecule has 4 heteroatoms. The van der Waals surface area contributed by atoms with Gasteiger partial charge >= 0.3 is 0 Å². The molecule has 0 bridgehead atoms. The van der Waals surface area contributed by atoms with Crippen LogP contribution in [-0.2, 0) is 4.79 Å². The van der Waals surface area contributed by atoms with Crippen molar-refractivity contribution in [2.75, 3.05) is 24.6 Å². The first kappa shape index (κ1) is 15.2. The monoisotopic (exact) mass is 292 g/mol. The van der Waals surface area contributed by atoms with Crippen molar-refractivity contribution in [3.63, 3.8) is 0 Å². The lowest BCUT2D eigenvalue weighted by molar-refractivity contribution is -0.130. The van der Waals surface area contributed by atoms with E-state index in [1.54, 1.807) is 11.8 Å². The molecule has 0 spiro atoms. The predicted molar refractivity (Wildman–Crippen MR) is 85.8 cm³/mol. The summed E-state index contributed by atoms with van der Waals surface area (Å²) in [6.45, 7) is 8.26. The summed E-state index contributed by atoms with van der Waals surface area (Å²) >= 11 is 1.54. The first-order chi connectivity index (χ1) is 9.45. The number of benzene rings is 1. The molecule has 1 saturated heterocycles. The molecule has 0 aromatic heterocycles. The van der Waals surface area contributed by atoms with Crippen LogP contribution in [0.3, 0.4) is 0 Å². The molecule has 2 atom stereocenters. The summed E-state index contributed by atoms with van der Waals surface area (Å²) in [6, 6.07) is 6.00. The highest BCUT2D eigenvalue weighted by molar-refractivity contribution is 8.00. The third kappa shape index (κ3) is 3.92. The van der Waals surface area contributed by atoms with Crippen molar-refractivity contribution in [2.24, 2.45) is 11.8 Å². The zero-order chi connectivity index (χ0) is 14.7. The SMILES string of the molecule is Cc1ccc(SCC(=O)N2CC(C)CC(C)C2)c(N)c1. The number of nitrogens with zero attached hydrogens (tertiary/aromatic N) is 1. The van der Waals surface area contributed by atoms with Gasteiger partial charge in [-0.05, 0) is 42.9 Å². The highest BCUT2D eigenvalue weighted by Crippen LogP contribution is 2.27. The van der Waals surface area contributed by atoms with Gasteiger partial charge in [-0.3, -0.25) is 4.79 Å². The van der Waals surface area contributed by atoms with Gasteiger partial charge in [0.25, 0.3) is 0 Å². The Morgan fingerprint density at radius 1 is 1.35 bits per heavy atom. The number of likely N-dealkylation sites (tertiary alicyclic amines) is 1. The maximum atomic E-state index is 12.3. The number of nitrogen functional groups attached to an aromatic ring is 1. The van der Waals surface area contributed by atoms with E-state index >= 15 is 0 Å². The molecule has 1 aromatic carbocycles. The third-order valence-electron chi connectivity index (χ3n) is 3.74. The number of aryl methyl sites for hydroxylation is 1. The molecule has 0 radical (unpaired) electrons. The largest absolute Gasteiger partial charge is 0.398 e. The van der Waals surface area contributed by atoms with Gasteiger partial charge < -0.3 is 10.6 Å². The molecular formula is C16H24N2OS. The highest BCUT2D eigenvalue weighted by atomic mass is 32.2. The summed E-state index contributed by atoms with van der Waals surface area (Å²) < 4.78 is 0. The summed E-state index contributed by atoms with van der Waals surface area (Å²) in [5.74, 6) is 1.93. The Kier molecular flexibility index (Phi) is 4.97. The fourth-order valence-corrected chi connectivity index (χ4v) is 3.75. The average molecular weight is 292 g/mol. The minimum atomic E-state index is 0.230. The molecule has 1 amide bonds. The van der Waals surface area contributed by atoms with Crippen molar-refractivity contribution in [3.8, 4) is 0 Å². The van der Waals surface area contributed by atoms with E-state index in [4.69, 9.17) is 5.73 Å². The summed E-state index contributed by atoms with van der Waals surface area (Å²) in [5, 5.41) is 0. The molecule has 3 nitrogen and oxygen atoms in total. The van der Waals surface area contributed by atoms with Crippen LogP contribution in [0.5, 0.6) is 0 Å². The number of anilines is 1. The standard InChI is InChI=1S/C16H24N2OS/c1-11-4-5-15(14(17)7-11)20-10-16(19)18-8-12(2)6-13(3)9-18/h4-5,7,12-13H,6,8-10,17H2,1-3H3. The number of nitrogens with two attached hydrogens (primary N) is 1. The van der Waals surface area contributed by atoms with Crippen LogP contribution < -0.4 is 5.73 Å². The lowest BCUT2D eigenvalue weighted by Gasteiger charge is -2.35. The smallest absolute Gasteiger partial charge is 0.232 e. The predicted octanol–water partition coefficient (Wildman–Crippen LogP) is 3.17. The summed E-state index contributed by atoms with van der Waals surface area (Å²) in [4.78, 5) is 15.3. The van der Waals surface area contributed by atoms with Crippen molar-refractivity contribution >= 4 is 23.4 Å². The lowest BCUT2D eigenvalue weighted by atomic mass is 9.92. The minimum Gasteiger partial charge on any atom is -0.398 e. The average Bonchev–Trinajstić information content (AvgIpc) is 2.36. The zero-order valence-corrected chi connectivity index (χ0v) is 13.4. The van der Waals surface area contributed by atoms with Gasteiger partial charge in [-0.25, -0.2) is 0 Å². The molecule has 0 saturated carbocycles. The van der Waals surface area contributed by atoms with Crippen molar-refractivity contribution in [1.82, 2.24) is 4.90 Å². The number of hydrogen-bond donors (Lipinski definition) is 1. The summed E-state index contributed by atoms with van der Waals surface area (Å²) in [5.41, 5.74) is 7.90. The molecule has 1 heterocycles. The number of amides is 1. The van der Waals surface area contributed by atoms with Crippen LogP contribution in [0.4, 0.5) is 5.69 Å². The molecule has 1 fully saturated rings. The Bertz CT molecular complexity index is 479. The van der Waals surface area contributed by atoms with E-state index in [0.717, 1.165) is 29.2 Å². The lowest BCUT2D eigenvalue weighted by Crippen LogP contribution is -2.43. The Morgan fingerprint density at radius 3 is 2.60 bits per heavy atom. The second kappa shape index (κ2) is 6.53. The Balaban J connectivity index is 1.91. The summed E-state index contributed by atoms with van der Waals surface area (Å²) in [7, 11) is 0. The molecule has 2 N–H and O–H groups in total. The first-order valence-corrected chi connectivity index (χ1v) is 8.21. The topological polar surface area (TPSA) is 46.3 Å². The van der Waals surface area contributed by atoms with Gasteiger partial charge in [0.05, 0.1) is 5.75 Å². The van der Waals surface area contributed by atoms with Crippen molar-refractivity contribution in [1.29, 1.82) is 0 Å². The number of rotatable bonds is 3. The highest BCUT2D eigenvalue weighted by Gasteiger charge is 2.25. The number of piperidine rings is 1. The Labute approximate surface area is 125 Å². The van der Waals surface area contributed by atoms with E-state index in [2.05, 4.69) is 13.8 Å². The van der Waals surface area contributed by atoms with Gasteiger partial charge in [0.1, 0.15) is 0 Å². The van der Waals surface area contributed by atoms with Crippen LogP contribution in [0, 0.1) is 18.8 Å². The molecule has 2 unspecified atom stereocenters.